The van der Waals surface area contributed by atoms with Crippen molar-refractivity contribution in [2.45, 2.75) is 31.7 Å². The van der Waals surface area contributed by atoms with E-state index in [4.69, 9.17) is 5.26 Å². The molecule has 0 unspecified atom stereocenters. The van der Waals surface area contributed by atoms with Crippen molar-refractivity contribution in [1.29, 1.82) is 5.26 Å². The van der Waals surface area contributed by atoms with Gasteiger partial charge in [-0.2, -0.15) is 5.26 Å². The van der Waals surface area contributed by atoms with E-state index in [-0.39, 0.29) is 11.6 Å². The quantitative estimate of drug-likeness (QED) is 0.779. The lowest BCUT2D eigenvalue weighted by Crippen LogP contribution is -2.35. The molecule has 1 aromatic rings. The van der Waals surface area contributed by atoms with Gasteiger partial charge in [-0.05, 0) is 25.0 Å². The SMILES string of the molecule is CN(C(=O)c1cccc(C#N)n1)C1CCCC1. The first-order valence-electron chi connectivity index (χ1n) is 5.86. The first-order valence-corrected chi connectivity index (χ1v) is 5.86. The molecule has 0 N–H and O–H groups in total. The lowest BCUT2D eigenvalue weighted by molar-refractivity contribution is 0.0729. The van der Waals surface area contributed by atoms with Crippen LogP contribution in [-0.2, 0) is 0 Å². The van der Waals surface area contributed by atoms with Gasteiger partial charge in [0.2, 0.25) is 0 Å². The molecule has 0 spiro atoms. The molecule has 1 aromatic heterocycles. The molecule has 0 aromatic carbocycles. The first kappa shape index (κ1) is 11.6. The minimum Gasteiger partial charge on any atom is -0.337 e. The number of aromatic nitrogens is 1. The van der Waals surface area contributed by atoms with Crippen LogP contribution in [-0.4, -0.2) is 28.9 Å². The summed E-state index contributed by atoms with van der Waals surface area (Å²) in [5.74, 6) is -0.0889. The molecule has 2 rings (SSSR count). The Morgan fingerprint density at radius 1 is 1.47 bits per heavy atom. The highest BCUT2D eigenvalue weighted by Gasteiger charge is 2.24. The molecule has 1 amide bonds. The topological polar surface area (TPSA) is 57.0 Å². The second-order valence-corrected chi connectivity index (χ2v) is 4.37. The molecule has 88 valence electrons. The monoisotopic (exact) mass is 229 g/mol. The van der Waals surface area contributed by atoms with E-state index in [0.29, 0.717) is 11.7 Å². The van der Waals surface area contributed by atoms with E-state index in [1.165, 1.54) is 12.8 Å². The highest BCUT2D eigenvalue weighted by molar-refractivity contribution is 5.92. The molecule has 1 saturated carbocycles. The van der Waals surface area contributed by atoms with Crippen LogP contribution in [0.4, 0.5) is 0 Å². The summed E-state index contributed by atoms with van der Waals surface area (Å²) >= 11 is 0. The number of hydrogen-bond donors (Lipinski definition) is 0. The smallest absolute Gasteiger partial charge is 0.272 e. The van der Waals surface area contributed by atoms with Gasteiger partial charge in [0.05, 0.1) is 0 Å². The Hall–Kier alpha value is -1.89. The maximum atomic E-state index is 12.2. The Morgan fingerprint density at radius 3 is 2.82 bits per heavy atom. The number of hydrogen-bond acceptors (Lipinski definition) is 3. The molecule has 0 saturated heterocycles. The molecule has 4 heteroatoms. The lowest BCUT2D eigenvalue weighted by Gasteiger charge is -2.23. The fourth-order valence-corrected chi connectivity index (χ4v) is 2.25. The summed E-state index contributed by atoms with van der Waals surface area (Å²) in [6, 6.07) is 7.24. The lowest BCUT2D eigenvalue weighted by atomic mass is 10.2. The zero-order valence-corrected chi connectivity index (χ0v) is 9.89. The van der Waals surface area contributed by atoms with E-state index in [1.807, 2.05) is 13.1 Å². The van der Waals surface area contributed by atoms with Crippen LogP contribution in [0, 0.1) is 11.3 Å². The fraction of sp³-hybridized carbons (Fsp3) is 0.462. The molecule has 0 aliphatic heterocycles. The minimum absolute atomic E-state index is 0.0889. The highest BCUT2D eigenvalue weighted by atomic mass is 16.2. The van der Waals surface area contributed by atoms with Crippen molar-refractivity contribution in [3.8, 4) is 6.07 Å². The van der Waals surface area contributed by atoms with Crippen molar-refractivity contribution in [3.63, 3.8) is 0 Å². The Bertz CT molecular complexity index is 458. The largest absolute Gasteiger partial charge is 0.337 e. The van der Waals surface area contributed by atoms with Gasteiger partial charge in [0, 0.05) is 13.1 Å². The normalized spacial score (nSPS) is 15.5. The number of carbonyl (C=O) groups is 1. The summed E-state index contributed by atoms with van der Waals surface area (Å²) in [6.45, 7) is 0. The highest BCUT2D eigenvalue weighted by Crippen LogP contribution is 2.23. The molecule has 0 bridgehead atoms. The van der Waals surface area contributed by atoms with Gasteiger partial charge in [-0.25, -0.2) is 4.98 Å². The van der Waals surface area contributed by atoms with Crippen molar-refractivity contribution >= 4 is 5.91 Å². The number of nitrogens with zero attached hydrogens (tertiary/aromatic N) is 3. The van der Waals surface area contributed by atoms with Gasteiger partial charge < -0.3 is 4.90 Å². The van der Waals surface area contributed by atoms with Crippen molar-refractivity contribution in [3.05, 3.63) is 29.6 Å². The number of nitriles is 1. The first-order chi connectivity index (χ1) is 8.22. The predicted octanol–water partition coefficient (Wildman–Crippen LogP) is 1.97. The van der Waals surface area contributed by atoms with E-state index in [2.05, 4.69) is 4.98 Å². The summed E-state index contributed by atoms with van der Waals surface area (Å²) in [5.41, 5.74) is 0.647. The number of pyridine rings is 1. The van der Waals surface area contributed by atoms with E-state index >= 15 is 0 Å². The predicted molar refractivity (Wildman–Crippen MR) is 63.3 cm³/mol. The van der Waals surface area contributed by atoms with Gasteiger partial charge in [-0.3, -0.25) is 4.79 Å². The average molecular weight is 229 g/mol. The number of rotatable bonds is 2. The summed E-state index contributed by atoms with van der Waals surface area (Å²) in [6.07, 6.45) is 4.52. The molecule has 1 fully saturated rings. The number of amides is 1. The Morgan fingerprint density at radius 2 is 2.18 bits per heavy atom. The van der Waals surface area contributed by atoms with Crippen LogP contribution in [0.2, 0.25) is 0 Å². The maximum absolute atomic E-state index is 12.2. The van der Waals surface area contributed by atoms with Crippen molar-refractivity contribution in [1.82, 2.24) is 9.88 Å². The summed E-state index contributed by atoms with van der Waals surface area (Å²) in [4.78, 5) is 17.9. The molecular formula is C13H15N3O. The maximum Gasteiger partial charge on any atom is 0.272 e. The van der Waals surface area contributed by atoms with Crippen LogP contribution >= 0.6 is 0 Å². The van der Waals surface area contributed by atoms with Gasteiger partial charge in [-0.15, -0.1) is 0 Å². The van der Waals surface area contributed by atoms with Crippen molar-refractivity contribution < 1.29 is 4.79 Å². The molecule has 17 heavy (non-hydrogen) atoms. The zero-order chi connectivity index (χ0) is 12.3. The number of carbonyl (C=O) groups excluding carboxylic acids is 1. The van der Waals surface area contributed by atoms with E-state index in [9.17, 15) is 4.79 Å². The molecular weight excluding hydrogens is 214 g/mol. The Kier molecular flexibility index (Phi) is 3.38. The van der Waals surface area contributed by atoms with Crippen LogP contribution < -0.4 is 0 Å². The van der Waals surface area contributed by atoms with E-state index in [1.54, 1.807) is 23.1 Å². The zero-order valence-electron chi connectivity index (χ0n) is 9.89. The molecule has 0 atom stereocenters. The van der Waals surface area contributed by atoms with Gasteiger partial charge in [0.1, 0.15) is 17.5 Å². The van der Waals surface area contributed by atoms with Crippen LogP contribution in [0.5, 0.6) is 0 Å². The minimum atomic E-state index is -0.0889. The van der Waals surface area contributed by atoms with Crippen molar-refractivity contribution in [2.75, 3.05) is 7.05 Å². The standard InChI is InChI=1S/C13H15N3O/c1-16(11-6-2-3-7-11)13(17)12-8-4-5-10(9-14)15-12/h4-5,8,11H,2-3,6-7H2,1H3. The third-order valence-corrected chi connectivity index (χ3v) is 3.28. The second-order valence-electron chi connectivity index (χ2n) is 4.37. The summed E-state index contributed by atoms with van der Waals surface area (Å²) in [7, 11) is 1.82. The van der Waals surface area contributed by atoms with Crippen LogP contribution in [0.25, 0.3) is 0 Å². The average Bonchev–Trinajstić information content (AvgIpc) is 2.91. The van der Waals surface area contributed by atoms with Gasteiger partial charge in [0.15, 0.2) is 0 Å². The van der Waals surface area contributed by atoms with Gasteiger partial charge in [0.25, 0.3) is 5.91 Å². The molecule has 1 aliphatic rings. The molecule has 1 aliphatic carbocycles. The van der Waals surface area contributed by atoms with Crippen molar-refractivity contribution in [2.24, 2.45) is 0 Å². The summed E-state index contributed by atoms with van der Waals surface area (Å²) < 4.78 is 0. The van der Waals surface area contributed by atoms with Gasteiger partial charge in [-0.1, -0.05) is 18.9 Å². The summed E-state index contributed by atoms with van der Waals surface area (Å²) in [5, 5.41) is 8.76. The van der Waals surface area contributed by atoms with E-state index in [0.717, 1.165) is 12.8 Å². The second kappa shape index (κ2) is 4.96. The third-order valence-electron chi connectivity index (χ3n) is 3.28. The molecule has 4 nitrogen and oxygen atoms in total. The van der Waals surface area contributed by atoms with Crippen LogP contribution in [0.3, 0.4) is 0 Å². The Labute approximate surface area is 101 Å². The van der Waals surface area contributed by atoms with Crippen LogP contribution in [0.1, 0.15) is 41.9 Å². The molecule has 0 radical (unpaired) electrons. The Balaban J connectivity index is 2.15. The molecule has 1 heterocycles. The van der Waals surface area contributed by atoms with Crippen LogP contribution in [0.15, 0.2) is 18.2 Å². The third kappa shape index (κ3) is 2.44. The fourth-order valence-electron chi connectivity index (χ4n) is 2.25. The van der Waals surface area contributed by atoms with Gasteiger partial charge >= 0.3 is 0 Å². The van der Waals surface area contributed by atoms with E-state index < -0.39 is 0 Å².